The van der Waals surface area contributed by atoms with Gasteiger partial charge in [-0.05, 0) is 30.5 Å². The van der Waals surface area contributed by atoms with Crippen LogP contribution in [0.1, 0.15) is 27.2 Å². The first-order chi connectivity index (χ1) is 9.15. The van der Waals surface area contributed by atoms with E-state index in [1.807, 2.05) is 24.4 Å². The van der Waals surface area contributed by atoms with Crippen molar-refractivity contribution >= 4 is 22.4 Å². The molecule has 19 heavy (non-hydrogen) atoms. The quantitative estimate of drug-likeness (QED) is 0.915. The molecule has 3 rings (SSSR count). The van der Waals surface area contributed by atoms with E-state index in [0.29, 0.717) is 5.56 Å². The van der Waals surface area contributed by atoms with Crippen molar-refractivity contribution < 1.29 is 9.90 Å². The van der Waals surface area contributed by atoms with Crippen LogP contribution in [0.3, 0.4) is 0 Å². The molecule has 0 atom stereocenters. The van der Waals surface area contributed by atoms with Gasteiger partial charge in [-0.1, -0.05) is 12.1 Å². The zero-order valence-electron chi connectivity index (χ0n) is 10.6. The fraction of sp³-hybridized carbons (Fsp3) is 0.286. The van der Waals surface area contributed by atoms with Crippen molar-refractivity contribution in [3.8, 4) is 0 Å². The summed E-state index contributed by atoms with van der Waals surface area (Å²) in [6.45, 7) is 3.55. The minimum Gasteiger partial charge on any atom is -0.478 e. The molecule has 4 nitrogen and oxygen atoms in total. The number of anilines is 1. The van der Waals surface area contributed by atoms with Crippen LogP contribution in [0.25, 0.3) is 0 Å². The third kappa shape index (κ3) is 2.21. The first-order valence-electron chi connectivity index (χ1n) is 6.16. The Bertz CT molecular complexity index is 636. The Hall–Kier alpha value is -1.88. The molecule has 0 radical (unpaired) electrons. The smallest absolute Gasteiger partial charge is 0.335 e. The fourth-order valence-corrected chi connectivity index (χ4v) is 3.29. The Kier molecular flexibility index (Phi) is 2.98. The first kappa shape index (κ1) is 12.2. The lowest BCUT2D eigenvalue weighted by Gasteiger charge is -2.29. The van der Waals surface area contributed by atoms with Crippen LogP contribution in [0.2, 0.25) is 0 Å². The Morgan fingerprint density at radius 2 is 2.32 bits per heavy atom. The molecule has 98 valence electrons. The maximum atomic E-state index is 11.2. The summed E-state index contributed by atoms with van der Waals surface area (Å²) in [7, 11) is 0. The van der Waals surface area contributed by atoms with Crippen molar-refractivity contribution in [1.29, 1.82) is 0 Å². The predicted octanol–water partition coefficient (Wildman–Crippen LogP) is 2.71. The molecule has 0 aliphatic carbocycles. The van der Waals surface area contributed by atoms with Crippen molar-refractivity contribution in [1.82, 2.24) is 4.98 Å². The normalized spacial score (nSPS) is 14.3. The number of rotatable bonds is 2. The molecule has 1 aliphatic heterocycles. The molecular weight excluding hydrogens is 260 g/mol. The second-order valence-corrected chi connectivity index (χ2v) is 5.53. The number of carbonyl (C=O) groups is 1. The summed E-state index contributed by atoms with van der Waals surface area (Å²) in [5.74, 6) is -0.838. The largest absolute Gasteiger partial charge is 0.478 e. The number of nitrogens with zero attached hydrogens (tertiary/aromatic N) is 2. The highest BCUT2D eigenvalue weighted by Crippen LogP contribution is 2.28. The van der Waals surface area contributed by atoms with E-state index < -0.39 is 5.97 Å². The number of aromatic nitrogens is 1. The number of carboxylic acid groups (broad SMARTS) is 1. The van der Waals surface area contributed by atoms with E-state index in [1.165, 1.54) is 0 Å². The van der Waals surface area contributed by atoms with E-state index in [2.05, 4.69) is 9.88 Å². The summed E-state index contributed by atoms with van der Waals surface area (Å²) < 4.78 is 0. The highest BCUT2D eigenvalue weighted by Gasteiger charge is 2.22. The van der Waals surface area contributed by atoms with Gasteiger partial charge in [0, 0.05) is 18.5 Å². The summed E-state index contributed by atoms with van der Waals surface area (Å²) >= 11 is 1.64. The minimum atomic E-state index is -0.838. The van der Waals surface area contributed by atoms with Crippen molar-refractivity contribution in [3.63, 3.8) is 0 Å². The number of hydrogen-bond acceptors (Lipinski definition) is 4. The fourth-order valence-electron chi connectivity index (χ4n) is 2.46. The van der Waals surface area contributed by atoms with Crippen LogP contribution in [0.5, 0.6) is 0 Å². The molecule has 0 saturated carbocycles. The molecule has 1 N–H and O–H groups in total. The van der Waals surface area contributed by atoms with E-state index in [4.69, 9.17) is 0 Å². The van der Waals surface area contributed by atoms with Crippen LogP contribution >= 0.6 is 11.3 Å². The van der Waals surface area contributed by atoms with Crippen LogP contribution in [0.4, 0.5) is 5.13 Å². The lowest BCUT2D eigenvalue weighted by Crippen LogP contribution is -2.31. The van der Waals surface area contributed by atoms with Gasteiger partial charge in [0.2, 0.25) is 0 Å². The number of benzene rings is 1. The molecular formula is C14H14N2O2S. The van der Waals surface area contributed by atoms with Crippen LogP contribution < -0.4 is 4.90 Å². The molecule has 1 aromatic heterocycles. The van der Waals surface area contributed by atoms with Crippen molar-refractivity contribution in [3.05, 3.63) is 46.0 Å². The highest BCUT2D eigenvalue weighted by atomic mass is 32.1. The highest BCUT2D eigenvalue weighted by molar-refractivity contribution is 7.13. The van der Waals surface area contributed by atoms with E-state index in [9.17, 15) is 9.90 Å². The first-order valence-corrected chi connectivity index (χ1v) is 7.04. The Morgan fingerprint density at radius 1 is 1.47 bits per heavy atom. The number of fused-ring (bicyclic) bond motifs is 1. The summed E-state index contributed by atoms with van der Waals surface area (Å²) in [6.07, 6.45) is 0.760. The van der Waals surface area contributed by atoms with E-state index in [-0.39, 0.29) is 0 Å². The SMILES string of the molecule is Cc1csc(N2CCc3c(cccc3C(=O)O)C2)n1. The summed E-state index contributed by atoms with van der Waals surface area (Å²) in [6, 6.07) is 5.51. The second-order valence-electron chi connectivity index (χ2n) is 4.69. The lowest BCUT2D eigenvalue weighted by molar-refractivity contribution is 0.0695. The number of hydrogen-bond donors (Lipinski definition) is 1. The summed E-state index contributed by atoms with van der Waals surface area (Å²) in [5, 5.41) is 12.3. The second kappa shape index (κ2) is 4.66. The summed E-state index contributed by atoms with van der Waals surface area (Å²) in [4.78, 5) is 17.9. The van der Waals surface area contributed by atoms with Crippen molar-refractivity contribution in [2.24, 2.45) is 0 Å². The van der Waals surface area contributed by atoms with Gasteiger partial charge in [-0.2, -0.15) is 0 Å². The summed E-state index contributed by atoms with van der Waals surface area (Å²) in [5.41, 5.74) is 3.54. The number of aryl methyl sites for hydroxylation is 1. The molecule has 2 heterocycles. The van der Waals surface area contributed by atoms with E-state index in [0.717, 1.165) is 41.5 Å². The molecule has 0 spiro atoms. The molecule has 0 amide bonds. The minimum absolute atomic E-state index is 0.437. The molecule has 1 aromatic carbocycles. The Labute approximate surface area is 115 Å². The average Bonchev–Trinajstić information content (AvgIpc) is 2.84. The van der Waals surface area contributed by atoms with Gasteiger partial charge < -0.3 is 10.0 Å². The maximum Gasteiger partial charge on any atom is 0.335 e. The Morgan fingerprint density at radius 3 is 3.00 bits per heavy atom. The van der Waals surface area contributed by atoms with Gasteiger partial charge in [0.15, 0.2) is 5.13 Å². The third-order valence-electron chi connectivity index (χ3n) is 3.37. The van der Waals surface area contributed by atoms with Gasteiger partial charge in [0.1, 0.15) is 0 Å². The molecule has 0 unspecified atom stereocenters. The van der Waals surface area contributed by atoms with Crippen molar-refractivity contribution in [2.45, 2.75) is 19.9 Å². The van der Waals surface area contributed by atoms with Crippen LogP contribution in [-0.2, 0) is 13.0 Å². The zero-order chi connectivity index (χ0) is 13.4. The lowest BCUT2D eigenvalue weighted by atomic mass is 9.95. The maximum absolute atomic E-state index is 11.2. The monoisotopic (exact) mass is 274 g/mol. The molecule has 1 aliphatic rings. The van der Waals surface area contributed by atoms with Gasteiger partial charge in [-0.25, -0.2) is 9.78 Å². The predicted molar refractivity (Wildman–Crippen MR) is 75.0 cm³/mol. The number of carboxylic acids is 1. The Balaban J connectivity index is 1.92. The van der Waals surface area contributed by atoms with Gasteiger partial charge in [-0.3, -0.25) is 0 Å². The third-order valence-corrected chi connectivity index (χ3v) is 4.39. The average molecular weight is 274 g/mol. The van der Waals surface area contributed by atoms with Gasteiger partial charge in [-0.15, -0.1) is 11.3 Å². The van der Waals surface area contributed by atoms with Crippen LogP contribution in [-0.4, -0.2) is 22.6 Å². The number of thiazole rings is 1. The molecule has 0 fully saturated rings. The number of aromatic carboxylic acids is 1. The zero-order valence-corrected chi connectivity index (χ0v) is 11.4. The van der Waals surface area contributed by atoms with E-state index in [1.54, 1.807) is 17.4 Å². The standard InChI is InChI=1S/C14H14N2O2S/c1-9-8-19-14(15-9)16-6-5-11-10(7-16)3-2-4-12(11)13(17)18/h2-4,8H,5-7H2,1H3,(H,17,18). The van der Waals surface area contributed by atoms with Crippen LogP contribution in [0.15, 0.2) is 23.6 Å². The van der Waals surface area contributed by atoms with Crippen molar-refractivity contribution in [2.75, 3.05) is 11.4 Å². The molecule has 5 heteroatoms. The van der Waals surface area contributed by atoms with Gasteiger partial charge >= 0.3 is 5.97 Å². The molecule has 0 saturated heterocycles. The van der Waals surface area contributed by atoms with E-state index >= 15 is 0 Å². The topological polar surface area (TPSA) is 53.4 Å². The molecule has 0 bridgehead atoms. The molecule has 2 aromatic rings. The van der Waals surface area contributed by atoms with Crippen LogP contribution in [0, 0.1) is 6.92 Å². The van der Waals surface area contributed by atoms with Gasteiger partial charge in [0.05, 0.1) is 11.3 Å². The van der Waals surface area contributed by atoms with Gasteiger partial charge in [0.25, 0.3) is 0 Å².